The summed E-state index contributed by atoms with van der Waals surface area (Å²) in [6, 6.07) is 15.1. The molecule has 182 valence electrons. The number of ether oxygens (including phenoxy) is 1. The number of aliphatic hydroxyl groups excluding tert-OH is 1. The van der Waals surface area contributed by atoms with E-state index < -0.39 is 6.10 Å². The van der Waals surface area contributed by atoms with Crippen molar-refractivity contribution in [3.8, 4) is 5.75 Å². The SMILES string of the molecule is O=C(N[C@H](CN1CCCC1)[C@H](O)c1ccc(OC2CC2)cc1)C1CCN(c2ccc(Cl)cc2)C1. The zero-order valence-corrected chi connectivity index (χ0v) is 20.3. The highest BCUT2D eigenvalue weighted by Crippen LogP contribution is 2.29. The number of amides is 1. The molecule has 3 atom stereocenters. The molecule has 3 aliphatic rings. The molecule has 0 spiro atoms. The van der Waals surface area contributed by atoms with Crippen LogP contribution >= 0.6 is 11.6 Å². The zero-order valence-electron chi connectivity index (χ0n) is 19.5. The first kappa shape index (κ1) is 23.5. The van der Waals surface area contributed by atoms with E-state index in [9.17, 15) is 9.90 Å². The Morgan fingerprint density at radius 2 is 1.74 bits per heavy atom. The zero-order chi connectivity index (χ0) is 23.5. The van der Waals surface area contributed by atoms with Gasteiger partial charge in [-0.15, -0.1) is 0 Å². The van der Waals surface area contributed by atoms with E-state index in [-0.39, 0.29) is 17.9 Å². The summed E-state index contributed by atoms with van der Waals surface area (Å²) >= 11 is 6.02. The first-order chi connectivity index (χ1) is 16.5. The molecule has 3 fully saturated rings. The van der Waals surface area contributed by atoms with E-state index in [1.165, 1.54) is 12.8 Å². The molecule has 2 aliphatic heterocycles. The minimum Gasteiger partial charge on any atom is -0.490 e. The van der Waals surface area contributed by atoms with Crippen molar-refractivity contribution in [2.24, 2.45) is 5.92 Å². The topological polar surface area (TPSA) is 65.0 Å². The molecule has 2 aromatic carbocycles. The molecule has 2 saturated heterocycles. The average Bonchev–Trinajstić information content (AvgIpc) is 3.29. The molecule has 1 aliphatic carbocycles. The number of hydrogen-bond donors (Lipinski definition) is 2. The monoisotopic (exact) mass is 483 g/mol. The van der Waals surface area contributed by atoms with E-state index in [0.29, 0.717) is 24.2 Å². The van der Waals surface area contributed by atoms with Crippen molar-refractivity contribution >= 4 is 23.2 Å². The summed E-state index contributed by atoms with van der Waals surface area (Å²) in [4.78, 5) is 17.8. The summed E-state index contributed by atoms with van der Waals surface area (Å²) in [5.41, 5.74) is 1.89. The van der Waals surface area contributed by atoms with Gasteiger partial charge < -0.3 is 25.0 Å². The van der Waals surface area contributed by atoms with Gasteiger partial charge in [0.05, 0.1) is 18.1 Å². The molecular weight excluding hydrogens is 450 g/mol. The van der Waals surface area contributed by atoms with Crippen molar-refractivity contribution in [2.75, 3.05) is 37.6 Å². The second-order valence-electron chi connectivity index (χ2n) is 9.86. The lowest BCUT2D eigenvalue weighted by Gasteiger charge is -2.30. The van der Waals surface area contributed by atoms with Crippen LogP contribution in [-0.4, -0.2) is 60.8 Å². The molecule has 0 radical (unpaired) electrons. The van der Waals surface area contributed by atoms with Crippen LogP contribution in [-0.2, 0) is 4.79 Å². The lowest BCUT2D eigenvalue weighted by Crippen LogP contribution is -2.48. The van der Waals surface area contributed by atoms with E-state index in [1.807, 2.05) is 48.5 Å². The van der Waals surface area contributed by atoms with Crippen molar-refractivity contribution in [3.05, 3.63) is 59.1 Å². The summed E-state index contributed by atoms with van der Waals surface area (Å²) in [6.45, 7) is 4.19. The number of anilines is 1. The molecule has 5 rings (SSSR count). The van der Waals surface area contributed by atoms with Crippen LogP contribution in [0.4, 0.5) is 5.69 Å². The molecule has 34 heavy (non-hydrogen) atoms. The minimum absolute atomic E-state index is 0.0217. The maximum absolute atomic E-state index is 13.3. The minimum atomic E-state index is -0.770. The van der Waals surface area contributed by atoms with Crippen molar-refractivity contribution in [1.29, 1.82) is 0 Å². The van der Waals surface area contributed by atoms with Gasteiger partial charge in [0, 0.05) is 30.3 Å². The number of halogens is 1. The van der Waals surface area contributed by atoms with Gasteiger partial charge in [0.2, 0.25) is 5.91 Å². The standard InChI is InChI=1S/C27H34ClN3O3/c28-21-5-7-22(8-6-21)31-16-13-20(17-31)27(33)29-25(18-30-14-1-2-15-30)26(32)19-3-9-23(10-4-19)34-24-11-12-24/h3-10,20,24-26,32H,1-2,11-18H2,(H,29,33)/t20?,25-,26-/m1/s1. The molecule has 7 heteroatoms. The highest BCUT2D eigenvalue weighted by Gasteiger charge is 2.33. The van der Waals surface area contributed by atoms with Crippen LogP contribution in [0.5, 0.6) is 5.75 Å². The van der Waals surface area contributed by atoms with Gasteiger partial charge in [-0.2, -0.15) is 0 Å². The first-order valence-corrected chi connectivity index (χ1v) is 12.9. The highest BCUT2D eigenvalue weighted by atomic mass is 35.5. The Bertz CT molecular complexity index is 958. The van der Waals surface area contributed by atoms with E-state index in [4.69, 9.17) is 16.3 Å². The van der Waals surface area contributed by atoms with Crippen LogP contribution in [0.15, 0.2) is 48.5 Å². The fourth-order valence-corrected chi connectivity index (χ4v) is 5.11. The molecule has 0 aromatic heterocycles. The number of nitrogens with zero attached hydrogens (tertiary/aromatic N) is 2. The van der Waals surface area contributed by atoms with E-state index in [1.54, 1.807) is 0 Å². The van der Waals surface area contributed by atoms with Gasteiger partial charge in [0.15, 0.2) is 0 Å². The predicted octanol–water partition coefficient (Wildman–Crippen LogP) is 4.02. The molecule has 0 bridgehead atoms. The van der Waals surface area contributed by atoms with Crippen LogP contribution < -0.4 is 15.0 Å². The van der Waals surface area contributed by atoms with Gasteiger partial charge in [-0.1, -0.05) is 23.7 Å². The van der Waals surface area contributed by atoms with Gasteiger partial charge in [0.25, 0.3) is 0 Å². The fourth-order valence-electron chi connectivity index (χ4n) is 4.98. The normalized spacial score (nSPS) is 22.5. The number of hydrogen-bond acceptors (Lipinski definition) is 5. The Hall–Kier alpha value is -2.28. The van der Waals surface area contributed by atoms with E-state index in [2.05, 4.69) is 15.1 Å². The van der Waals surface area contributed by atoms with Gasteiger partial charge >= 0.3 is 0 Å². The Kier molecular flexibility index (Phi) is 7.28. The largest absolute Gasteiger partial charge is 0.490 e. The van der Waals surface area contributed by atoms with Crippen molar-refractivity contribution in [2.45, 2.75) is 50.4 Å². The third-order valence-electron chi connectivity index (χ3n) is 7.16. The van der Waals surface area contributed by atoms with Gasteiger partial charge in [-0.25, -0.2) is 0 Å². The van der Waals surface area contributed by atoms with Crippen molar-refractivity contribution < 1.29 is 14.6 Å². The molecular formula is C27H34ClN3O3. The van der Waals surface area contributed by atoms with Gasteiger partial charge in [0.1, 0.15) is 11.9 Å². The quantitative estimate of drug-likeness (QED) is 0.564. The summed E-state index contributed by atoms with van der Waals surface area (Å²) in [7, 11) is 0. The number of carbonyl (C=O) groups is 1. The number of likely N-dealkylation sites (tertiary alicyclic amines) is 1. The third kappa shape index (κ3) is 5.85. The van der Waals surface area contributed by atoms with E-state index >= 15 is 0 Å². The third-order valence-corrected chi connectivity index (χ3v) is 7.41. The number of rotatable bonds is 9. The number of carbonyl (C=O) groups excluding carboxylic acids is 1. The second-order valence-corrected chi connectivity index (χ2v) is 10.3. The lowest BCUT2D eigenvalue weighted by atomic mass is 10.00. The number of aliphatic hydroxyl groups is 1. The van der Waals surface area contributed by atoms with Crippen LogP contribution in [0, 0.1) is 5.92 Å². The number of benzene rings is 2. The first-order valence-electron chi connectivity index (χ1n) is 12.5. The number of nitrogens with one attached hydrogen (secondary N) is 1. The molecule has 1 amide bonds. The van der Waals surface area contributed by atoms with Crippen LogP contribution in [0.25, 0.3) is 0 Å². The predicted molar refractivity (Wildman–Crippen MR) is 134 cm³/mol. The fraction of sp³-hybridized carbons (Fsp3) is 0.519. The molecule has 1 unspecified atom stereocenters. The maximum atomic E-state index is 13.3. The molecule has 2 aromatic rings. The van der Waals surface area contributed by atoms with E-state index in [0.717, 1.165) is 55.9 Å². The maximum Gasteiger partial charge on any atom is 0.225 e. The molecule has 6 nitrogen and oxygen atoms in total. The lowest BCUT2D eigenvalue weighted by molar-refractivity contribution is -0.126. The molecule has 2 heterocycles. The Balaban J connectivity index is 1.23. The van der Waals surface area contributed by atoms with Crippen LogP contribution in [0.3, 0.4) is 0 Å². The van der Waals surface area contributed by atoms with Gasteiger partial charge in [-0.05, 0) is 87.2 Å². The summed E-state index contributed by atoms with van der Waals surface area (Å²) in [5.74, 6) is 0.762. The summed E-state index contributed by atoms with van der Waals surface area (Å²) in [6.07, 6.45) is 4.94. The highest BCUT2D eigenvalue weighted by molar-refractivity contribution is 6.30. The van der Waals surface area contributed by atoms with Crippen LogP contribution in [0.1, 0.15) is 43.8 Å². The van der Waals surface area contributed by atoms with Gasteiger partial charge in [-0.3, -0.25) is 4.79 Å². The summed E-state index contributed by atoms with van der Waals surface area (Å²) < 4.78 is 5.84. The second kappa shape index (κ2) is 10.5. The van der Waals surface area contributed by atoms with Crippen LogP contribution in [0.2, 0.25) is 5.02 Å². The van der Waals surface area contributed by atoms with Crippen molar-refractivity contribution in [1.82, 2.24) is 10.2 Å². The Morgan fingerprint density at radius 3 is 2.41 bits per heavy atom. The smallest absolute Gasteiger partial charge is 0.225 e. The molecule has 1 saturated carbocycles. The van der Waals surface area contributed by atoms with Crippen molar-refractivity contribution in [3.63, 3.8) is 0 Å². The Morgan fingerprint density at radius 1 is 1.03 bits per heavy atom. The Labute approximate surface area is 206 Å². The average molecular weight is 484 g/mol. The molecule has 2 N–H and O–H groups in total. The summed E-state index contributed by atoms with van der Waals surface area (Å²) in [5, 5.41) is 15.2.